The van der Waals surface area contributed by atoms with Gasteiger partial charge in [0.05, 0.1) is 14.2 Å². The van der Waals surface area contributed by atoms with Crippen LogP contribution in [0.3, 0.4) is 0 Å². The van der Waals surface area contributed by atoms with Crippen molar-refractivity contribution in [2.45, 2.75) is 104 Å². The van der Waals surface area contributed by atoms with E-state index in [9.17, 15) is 10.5 Å². The Morgan fingerprint density at radius 1 is 0.673 bits per heavy atom. The first kappa shape index (κ1) is 38.7. The number of rotatable bonds is 6. The average Bonchev–Trinajstić information content (AvgIpc) is 3.12. The Bertz CT molecular complexity index is 1980. The highest BCUT2D eigenvalue weighted by molar-refractivity contribution is 5.68. The molecule has 0 amide bonds. The molecule has 2 saturated heterocycles. The van der Waals surface area contributed by atoms with Crippen molar-refractivity contribution < 1.29 is 14.2 Å². The van der Waals surface area contributed by atoms with Crippen molar-refractivity contribution in [3.05, 3.63) is 105 Å². The van der Waals surface area contributed by atoms with E-state index in [4.69, 9.17) is 14.2 Å². The minimum absolute atomic E-state index is 0.0284. The smallest absolute Gasteiger partial charge is 0.137 e. The van der Waals surface area contributed by atoms with Gasteiger partial charge in [-0.15, -0.1) is 0 Å². The number of hydrogen-bond donors (Lipinski definition) is 0. The van der Waals surface area contributed by atoms with Crippen LogP contribution in [0.2, 0.25) is 0 Å². The van der Waals surface area contributed by atoms with Gasteiger partial charge in [0.15, 0.2) is 0 Å². The summed E-state index contributed by atoms with van der Waals surface area (Å²) in [6.45, 7) is 23.1. The SMILES string of the molecule is COc1c(C=CC2=CC(=C(C#N)C#N)C=C(C=Cc3ccc4c(c3OC)C(C)(C)CN3CCCC(C)(C)C43)O2)ccc2c1C(C)(C)CN1CCCC(C)(C)C21. The van der Waals surface area contributed by atoms with E-state index in [0.29, 0.717) is 29.2 Å². The summed E-state index contributed by atoms with van der Waals surface area (Å²) in [6.07, 6.45) is 16.2. The fourth-order valence-corrected chi connectivity index (χ4v) is 10.9. The predicted octanol–water partition coefficient (Wildman–Crippen LogP) is 10.5. The Morgan fingerprint density at radius 3 is 1.47 bits per heavy atom. The van der Waals surface area contributed by atoms with Gasteiger partial charge in [-0.1, -0.05) is 79.7 Å². The van der Waals surface area contributed by atoms with E-state index in [-0.39, 0.29) is 27.2 Å². The number of allylic oxidation sites excluding steroid dienone is 6. The molecule has 2 aromatic rings. The first-order valence-electron chi connectivity index (χ1n) is 20.0. The number of benzene rings is 2. The van der Waals surface area contributed by atoms with Crippen LogP contribution in [0.4, 0.5) is 0 Å². The van der Waals surface area contributed by atoms with Gasteiger partial charge in [-0.05, 0) is 97.2 Å². The van der Waals surface area contributed by atoms with Gasteiger partial charge in [-0.25, -0.2) is 0 Å². The van der Waals surface area contributed by atoms with Gasteiger partial charge >= 0.3 is 0 Å². The number of hydrogen-bond acceptors (Lipinski definition) is 7. The minimum atomic E-state index is -0.0981. The molecule has 0 radical (unpaired) electrons. The highest BCUT2D eigenvalue weighted by atomic mass is 16.5. The lowest BCUT2D eigenvalue weighted by atomic mass is 9.65. The second-order valence-electron chi connectivity index (χ2n) is 18.9. The number of piperidine rings is 2. The van der Waals surface area contributed by atoms with Crippen LogP contribution >= 0.6 is 0 Å². The number of fused-ring (bicyclic) bond motifs is 6. The van der Waals surface area contributed by atoms with Gasteiger partial charge in [-0.3, -0.25) is 9.80 Å². The van der Waals surface area contributed by atoms with Crippen molar-refractivity contribution in [1.29, 1.82) is 10.5 Å². The second kappa shape index (κ2) is 14.2. The maximum Gasteiger partial charge on any atom is 0.137 e. The fraction of sp³-hybridized carbons (Fsp3) is 0.500. The lowest BCUT2D eigenvalue weighted by Gasteiger charge is -2.54. The van der Waals surface area contributed by atoms with Crippen molar-refractivity contribution in [3.8, 4) is 23.6 Å². The summed E-state index contributed by atoms with van der Waals surface area (Å²) in [4.78, 5) is 5.34. The van der Waals surface area contributed by atoms with Gasteiger partial charge < -0.3 is 14.2 Å². The van der Waals surface area contributed by atoms with Crippen LogP contribution in [0, 0.1) is 33.5 Å². The van der Waals surface area contributed by atoms with Gasteiger partial charge in [0.1, 0.15) is 40.7 Å². The highest BCUT2D eigenvalue weighted by Crippen LogP contribution is 2.56. The molecule has 2 unspecified atom stereocenters. The first-order chi connectivity index (χ1) is 26.0. The van der Waals surface area contributed by atoms with Crippen molar-refractivity contribution in [2.75, 3.05) is 40.4 Å². The molecule has 0 aliphatic carbocycles. The van der Waals surface area contributed by atoms with Crippen LogP contribution in [-0.2, 0) is 15.6 Å². The zero-order valence-corrected chi connectivity index (χ0v) is 34.6. The Kier molecular flexibility index (Phi) is 9.98. The zero-order valence-electron chi connectivity index (χ0n) is 34.6. The molecule has 2 fully saturated rings. The lowest BCUT2D eigenvalue weighted by molar-refractivity contribution is 0.00926. The standard InChI is InChI=1S/C48H58N4O3/c1-45(2)21-11-23-51-29-47(5,6)39-37(43(45)51)19-15-31(41(39)53-9)13-17-35-25-33(34(27-49)28-50)26-36(55-35)18-14-32-16-20-38-40(42(32)54-10)48(7,8)30-52-24-12-22-46(3,4)44(38)52/h13-20,25-26,43-44H,11-12,21-24,29-30H2,1-10H3. The molecule has 2 atom stereocenters. The van der Waals surface area contributed by atoms with Crippen LogP contribution in [0.15, 0.2) is 71.2 Å². The number of nitriles is 2. The molecule has 55 heavy (non-hydrogen) atoms. The molecule has 5 heterocycles. The third-order valence-electron chi connectivity index (χ3n) is 12.9. The fourth-order valence-electron chi connectivity index (χ4n) is 10.9. The van der Waals surface area contributed by atoms with E-state index in [1.165, 1.54) is 47.9 Å². The van der Waals surface area contributed by atoms with Gasteiger partial charge in [-0.2, -0.15) is 10.5 Å². The second-order valence-corrected chi connectivity index (χ2v) is 18.9. The van der Waals surface area contributed by atoms with E-state index >= 15 is 0 Å². The summed E-state index contributed by atoms with van der Waals surface area (Å²) in [6, 6.07) is 13.7. The summed E-state index contributed by atoms with van der Waals surface area (Å²) >= 11 is 0. The maximum absolute atomic E-state index is 9.86. The van der Waals surface area contributed by atoms with Crippen LogP contribution in [-0.4, -0.2) is 50.2 Å². The molecular weight excluding hydrogens is 681 g/mol. The molecule has 0 bridgehead atoms. The topological polar surface area (TPSA) is 81.7 Å². The monoisotopic (exact) mass is 738 g/mol. The van der Waals surface area contributed by atoms with E-state index in [2.05, 4.69) is 102 Å². The molecule has 5 aliphatic heterocycles. The van der Waals surface area contributed by atoms with Crippen LogP contribution in [0.1, 0.15) is 127 Å². The van der Waals surface area contributed by atoms with E-state index in [0.717, 1.165) is 48.8 Å². The quantitative estimate of drug-likeness (QED) is 0.273. The maximum atomic E-state index is 9.86. The minimum Gasteiger partial charge on any atom is -0.496 e. The molecule has 2 aromatic carbocycles. The molecule has 5 aliphatic rings. The normalized spacial score (nSPS) is 24.9. The van der Waals surface area contributed by atoms with E-state index in [1.54, 1.807) is 26.4 Å². The molecule has 0 N–H and O–H groups in total. The van der Waals surface area contributed by atoms with Gasteiger partial charge in [0.2, 0.25) is 0 Å². The molecule has 7 heteroatoms. The van der Waals surface area contributed by atoms with Gasteiger partial charge in [0.25, 0.3) is 0 Å². The van der Waals surface area contributed by atoms with E-state index < -0.39 is 0 Å². The predicted molar refractivity (Wildman–Crippen MR) is 220 cm³/mol. The van der Waals surface area contributed by atoms with E-state index in [1.807, 2.05) is 24.3 Å². The van der Waals surface area contributed by atoms with Crippen LogP contribution in [0.25, 0.3) is 12.2 Å². The summed E-state index contributed by atoms with van der Waals surface area (Å²) < 4.78 is 18.9. The Hall–Kier alpha value is -4.56. The zero-order chi connectivity index (χ0) is 39.5. The number of methoxy groups -OCH3 is 2. The van der Waals surface area contributed by atoms with Crippen LogP contribution in [0.5, 0.6) is 11.5 Å². The molecule has 7 nitrogen and oxygen atoms in total. The van der Waals surface area contributed by atoms with Crippen molar-refractivity contribution in [2.24, 2.45) is 10.8 Å². The molecule has 0 aromatic heterocycles. The Balaban J connectivity index is 1.23. The highest BCUT2D eigenvalue weighted by Gasteiger charge is 2.49. The average molecular weight is 739 g/mol. The number of ether oxygens (including phenoxy) is 3. The first-order valence-corrected chi connectivity index (χ1v) is 20.0. The Morgan fingerprint density at radius 2 is 1.09 bits per heavy atom. The molecule has 7 rings (SSSR count). The summed E-state index contributed by atoms with van der Waals surface area (Å²) in [7, 11) is 3.52. The summed E-state index contributed by atoms with van der Waals surface area (Å²) in [5.74, 6) is 2.83. The summed E-state index contributed by atoms with van der Waals surface area (Å²) in [5, 5.41) is 19.7. The van der Waals surface area contributed by atoms with Crippen molar-refractivity contribution >= 4 is 12.2 Å². The van der Waals surface area contributed by atoms with Crippen molar-refractivity contribution in [3.63, 3.8) is 0 Å². The van der Waals surface area contributed by atoms with Gasteiger partial charge in [0, 0.05) is 63.8 Å². The molecule has 0 spiro atoms. The summed E-state index contributed by atoms with van der Waals surface area (Å²) in [5.41, 5.74) is 7.85. The number of nitrogens with zero attached hydrogens (tertiary/aromatic N) is 4. The molecule has 288 valence electrons. The Labute approximate surface area is 329 Å². The third-order valence-corrected chi connectivity index (χ3v) is 12.9. The van der Waals surface area contributed by atoms with Crippen molar-refractivity contribution in [1.82, 2.24) is 9.80 Å². The molecule has 0 saturated carbocycles. The lowest BCUT2D eigenvalue weighted by Crippen LogP contribution is -2.52. The molecular formula is C48H58N4O3. The van der Waals surface area contributed by atoms with Crippen LogP contribution < -0.4 is 9.47 Å². The largest absolute Gasteiger partial charge is 0.496 e. The third kappa shape index (κ3) is 6.85.